The van der Waals surface area contributed by atoms with Gasteiger partial charge in [0.2, 0.25) is 0 Å². The molecule has 5 aromatic rings. The fourth-order valence-electron chi connectivity index (χ4n) is 4.61. The number of aromatic nitrogens is 5. The number of alkyl halides is 3. The number of benzene rings is 2. The van der Waals surface area contributed by atoms with Gasteiger partial charge in [-0.15, -0.1) is 10.2 Å². The number of hydrogen-bond acceptors (Lipinski definition) is 4. The molecule has 1 N–H and O–H groups in total. The number of hydrogen-bond donors (Lipinski definition) is 1. The molecule has 0 saturated heterocycles. The quantitative estimate of drug-likeness (QED) is 0.390. The zero-order valence-corrected chi connectivity index (χ0v) is 18.3. The van der Waals surface area contributed by atoms with E-state index >= 15 is 0 Å². The van der Waals surface area contributed by atoms with Crippen LogP contribution in [0, 0.1) is 0 Å². The van der Waals surface area contributed by atoms with Gasteiger partial charge in [0.15, 0.2) is 5.82 Å². The summed E-state index contributed by atoms with van der Waals surface area (Å²) in [5, 5.41) is 9.02. The van der Waals surface area contributed by atoms with Crippen LogP contribution in [0.2, 0.25) is 0 Å². The highest BCUT2D eigenvalue weighted by Crippen LogP contribution is 2.41. The van der Waals surface area contributed by atoms with E-state index in [1.54, 1.807) is 23.2 Å². The lowest BCUT2D eigenvalue weighted by atomic mass is 9.97. The Kier molecular flexibility index (Phi) is 4.53. The van der Waals surface area contributed by atoms with Gasteiger partial charge in [-0.1, -0.05) is 30.3 Å². The van der Waals surface area contributed by atoms with E-state index in [1.807, 2.05) is 37.4 Å². The van der Waals surface area contributed by atoms with E-state index in [-0.39, 0.29) is 23.5 Å². The summed E-state index contributed by atoms with van der Waals surface area (Å²) in [5.41, 5.74) is 2.13. The molecule has 1 aliphatic heterocycles. The monoisotopic (exact) mass is 474 g/mol. The van der Waals surface area contributed by atoms with Crippen LogP contribution in [0.4, 0.5) is 19.0 Å². The van der Waals surface area contributed by atoms with Gasteiger partial charge in [-0.3, -0.25) is 9.69 Å². The first-order chi connectivity index (χ1) is 16.8. The Bertz CT molecular complexity index is 1620. The Morgan fingerprint density at radius 2 is 1.74 bits per heavy atom. The normalized spacial score (nSPS) is 13.6. The molecule has 1 amide bonds. The van der Waals surface area contributed by atoms with Crippen LogP contribution in [0.15, 0.2) is 67.1 Å². The van der Waals surface area contributed by atoms with Crippen LogP contribution in [-0.4, -0.2) is 30.6 Å². The molecule has 1 aliphatic rings. The fourth-order valence-corrected chi connectivity index (χ4v) is 4.61. The number of pyridine rings is 1. The Labute approximate surface area is 196 Å². The number of nitrogens with zero attached hydrogens (tertiary/aromatic N) is 5. The largest absolute Gasteiger partial charge is 0.416 e. The third-order valence-electron chi connectivity index (χ3n) is 6.23. The second kappa shape index (κ2) is 7.52. The smallest absolute Gasteiger partial charge is 0.346 e. The Hall–Kier alpha value is -4.47. The SMILES string of the molecule is Cn1cnnc1-c1ccccc1-c1cc(N2Cc3c(cccc3C(F)(F)F)C2=O)nc2[nH]ccc12. The van der Waals surface area contributed by atoms with Gasteiger partial charge in [0.25, 0.3) is 5.91 Å². The van der Waals surface area contributed by atoms with E-state index in [1.165, 1.54) is 17.0 Å². The highest BCUT2D eigenvalue weighted by Gasteiger charge is 2.40. The molecular weight excluding hydrogens is 457 g/mol. The molecule has 3 aromatic heterocycles. The van der Waals surface area contributed by atoms with Crippen molar-refractivity contribution in [1.82, 2.24) is 24.7 Å². The minimum absolute atomic E-state index is 0.0363. The summed E-state index contributed by atoms with van der Waals surface area (Å²) in [6.07, 6.45) is -1.22. The number of nitrogens with one attached hydrogen (secondary N) is 1. The van der Waals surface area contributed by atoms with Crippen LogP contribution in [0.25, 0.3) is 33.5 Å². The molecule has 174 valence electrons. The third-order valence-corrected chi connectivity index (χ3v) is 6.23. The fraction of sp³-hybridized carbons (Fsp3) is 0.120. The van der Waals surface area contributed by atoms with Crippen molar-refractivity contribution < 1.29 is 18.0 Å². The van der Waals surface area contributed by atoms with Crippen molar-refractivity contribution in [3.8, 4) is 22.5 Å². The molecule has 7 nitrogen and oxygen atoms in total. The second-order valence-electron chi connectivity index (χ2n) is 8.30. The van der Waals surface area contributed by atoms with Crippen LogP contribution < -0.4 is 4.90 Å². The summed E-state index contributed by atoms with van der Waals surface area (Å²) in [5.74, 6) is 0.399. The average Bonchev–Trinajstić information content (AvgIpc) is 3.56. The number of fused-ring (bicyclic) bond motifs is 2. The van der Waals surface area contributed by atoms with E-state index in [9.17, 15) is 18.0 Å². The molecule has 0 radical (unpaired) electrons. The van der Waals surface area contributed by atoms with E-state index in [2.05, 4.69) is 20.2 Å². The van der Waals surface area contributed by atoms with Crippen molar-refractivity contribution in [2.75, 3.05) is 4.90 Å². The number of carbonyl (C=O) groups excluding carboxylic acids is 1. The number of anilines is 1. The van der Waals surface area contributed by atoms with Gasteiger partial charge < -0.3 is 9.55 Å². The van der Waals surface area contributed by atoms with Crippen molar-refractivity contribution in [2.24, 2.45) is 7.05 Å². The van der Waals surface area contributed by atoms with Crippen LogP contribution in [0.1, 0.15) is 21.5 Å². The lowest BCUT2D eigenvalue weighted by molar-refractivity contribution is -0.138. The molecule has 35 heavy (non-hydrogen) atoms. The van der Waals surface area contributed by atoms with E-state index < -0.39 is 17.6 Å². The molecule has 4 heterocycles. The molecule has 2 aromatic carbocycles. The van der Waals surface area contributed by atoms with Gasteiger partial charge in [-0.2, -0.15) is 13.2 Å². The molecule has 0 fully saturated rings. The van der Waals surface area contributed by atoms with Gasteiger partial charge >= 0.3 is 6.18 Å². The van der Waals surface area contributed by atoms with Crippen molar-refractivity contribution in [1.29, 1.82) is 0 Å². The van der Waals surface area contributed by atoms with Crippen molar-refractivity contribution in [3.05, 3.63) is 83.8 Å². The first-order valence-corrected chi connectivity index (χ1v) is 10.8. The number of aromatic amines is 1. The lowest BCUT2D eigenvalue weighted by Crippen LogP contribution is -2.24. The van der Waals surface area contributed by atoms with Crippen molar-refractivity contribution in [2.45, 2.75) is 12.7 Å². The van der Waals surface area contributed by atoms with Crippen LogP contribution in [0.5, 0.6) is 0 Å². The Morgan fingerprint density at radius 3 is 2.49 bits per heavy atom. The summed E-state index contributed by atoms with van der Waals surface area (Å²) in [4.78, 5) is 22.1. The molecular formula is C25H17F3N6O. The number of aryl methyl sites for hydroxylation is 1. The number of H-pyrrole nitrogens is 1. The highest BCUT2D eigenvalue weighted by atomic mass is 19.4. The third kappa shape index (κ3) is 3.29. The predicted molar refractivity (Wildman–Crippen MR) is 123 cm³/mol. The number of rotatable bonds is 3. The minimum atomic E-state index is -4.56. The highest BCUT2D eigenvalue weighted by molar-refractivity contribution is 6.11. The first kappa shape index (κ1) is 21.1. The zero-order chi connectivity index (χ0) is 24.3. The minimum Gasteiger partial charge on any atom is -0.346 e. The second-order valence-corrected chi connectivity index (χ2v) is 8.30. The number of amides is 1. The zero-order valence-electron chi connectivity index (χ0n) is 18.3. The van der Waals surface area contributed by atoms with Gasteiger partial charge in [0.1, 0.15) is 17.8 Å². The summed E-state index contributed by atoms with van der Waals surface area (Å²) >= 11 is 0. The summed E-state index contributed by atoms with van der Waals surface area (Å²) in [6, 6.07) is 14.9. The molecule has 0 spiro atoms. The van der Waals surface area contributed by atoms with E-state index in [0.717, 1.165) is 28.1 Å². The van der Waals surface area contributed by atoms with Gasteiger partial charge in [-0.25, -0.2) is 4.98 Å². The Morgan fingerprint density at radius 1 is 0.971 bits per heavy atom. The molecule has 0 saturated carbocycles. The van der Waals surface area contributed by atoms with Crippen LogP contribution >= 0.6 is 0 Å². The van der Waals surface area contributed by atoms with Crippen LogP contribution in [0.3, 0.4) is 0 Å². The van der Waals surface area contributed by atoms with Gasteiger partial charge in [0, 0.05) is 29.8 Å². The molecule has 0 aliphatic carbocycles. The average molecular weight is 474 g/mol. The maximum absolute atomic E-state index is 13.6. The predicted octanol–water partition coefficient (Wildman–Crippen LogP) is 5.20. The van der Waals surface area contributed by atoms with Crippen LogP contribution in [-0.2, 0) is 19.8 Å². The van der Waals surface area contributed by atoms with Gasteiger partial charge in [0.05, 0.1) is 12.1 Å². The lowest BCUT2D eigenvalue weighted by Gasteiger charge is -2.18. The number of carbonyl (C=O) groups is 1. The molecule has 6 rings (SSSR count). The van der Waals surface area contributed by atoms with Gasteiger partial charge in [-0.05, 0) is 41.0 Å². The van der Waals surface area contributed by atoms with E-state index in [4.69, 9.17) is 0 Å². The van der Waals surface area contributed by atoms with Crippen molar-refractivity contribution >= 4 is 22.8 Å². The Balaban J connectivity index is 1.52. The summed E-state index contributed by atoms with van der Waals surface area (Å²) < 4.78 is 42.6. The van der Waals surface area contributed by atoms with Crippen molar-refractivity contribution in [3.63, 3.8) is 0 Å². The molecule has 10 heteroatoms. The van der Waals surface area contributed by atoms with E-state index in [0.29, 0.717) is 11.5 Å². The number of halogens is 3. The molecule has 0 atom stereocenters. The standard InChI is InChI=1S/C25H17F3N6O/c1-33-13-30-32-23(33)16-6-3-2-5-14(16)18-11-21(31-22-15(18)9-10-29-22)34-12-19-17(24(34)35)7-4-8-20(19)25(26,27)28/h2-11,13H,12H2,1H3,(H,29,31). The summed E-state index contributed by atoms with van der Waals surface area (Å²) in [7, 11) is 1.84. The molecule has 0 unspecified atom stereocenters. The summed E-state index contributed by atoms with van der Waals surface area (Å²) in [6.45, 7) is -0.215. The maximum atomic E-state index is 13.6. The topological polar surface area (TPSA) is 79.7 Å². The molecule has 0 bridgehead atoms. The first-order valence-electron chi connectivity index (χ1n) is 10.8. The maximum Gasteiger partial charge on any atom is 0.416 e.